The molecule has 0 bridgehead atoms. The van der Waals surface area contributed by atoms with Crippen LogP contribution in [0.15, 0.2) is 50.1 Å². The van der Waals surface area contributed by atoms with E-state index >= 15 is 0 Å². The Bertz CT molecular complexity index is 807. The van der Waals surface area contributed by atoms with Gasteiger partial charge in [-0.1, -0.05) is 38.0 Å². The van der Waals surface area contributed by atoms with Crippen molar-refractivity contribution in [2.45, 2.75) is 0 Å². The number of ether oxygens (including phenoxy) is 4. The molecule has 0 aliphatic rings. The van der Waals surface area contributed by atoms with Gasteiger partial charge in [0.05, 0.1) is 29.4 Å². The van der Waals surface area contributed by atoms with E-state index in [1.807, 2.05) is 0 Å². The number of carbonyl (C=O) groups excluding carboxylic acids is 4. The van der Waals surface area contributed by atoms with Crippen LogP contribution in [0.1, 0.15) is 41.4 Å². The van der Waals surface area contributed by atoms with Crippen LogP contribution in [0.3, 0.4) is 0 Å². The van der Waals surface area contributed by atoms with Crippen LogP contribution in [0.25, 0.3) is 0 Å². The van der Waals surface area contributed by atoms with Crippen molar-refractivity contribution < 1.29 is 38.1 Å². The quantitative estimate of drug-likeness (QED) is 0.342. The summed E-state index contributed by atoms with van der Waals surface area (Å²) in [6.45, 7) is 9.89. The summed E-state index contributed by atoms with van der Waals surface area (Å²) in [6, 6.07) is 2.04. The van der Waals surface area contributed by atoms with Crippen LogP contribution >= 0.6 is 0 Å². The predicted octanol–water partition coefficient (Wildman–Crippen LogP) is 2.50. The summed E-state index contributed by atoms with van der Waals surface area (Å²) in [6.07, 6.45) is 3.99. The summed E-state index contributed by atoms with van der Waals surface area (Å²) >= 11 is 0. The van der Waals surface area contributed by atoms with Crippen LogP contribution in [0, 0.1) is 0 Å². The molecule has 0 saturated heterocycles. The second kappa shape index (κ2) is 11.1. The second-order valence-electron chi connectivity index (χ2n) is 5.10. The van der Waals surface area contributed by atoms with Crippen LogP contribution in [-0.4, -0.2) is 50.8 Å². The molecule has 0 saturated carbocycles. The standard InChI is InChI=1S/C20H20O8/c1-5-8-26-18(22)14-12-16(20(24)28-10-7-3)15(19(23)27-9-6-2)11-13(14)17(21)25-4/h5-7,11-12H,1-3,8-10H2,4H3. The van der Waals surface area contributed by atoms with Crippen molar-refractivity contribution >= 4 is 23.9 Å². The molecule has 0 spiro atoms. The zero-order chi connectivity index (χ0) is 21.1. The number of methoxy groups -OCH3 is 1. The fraction of sp³-hybridized carbons (Fsp3) is 0.200. The lowest BCUT2D eigenvalue weighted by Gasteiger charge is -2.13. The van der Waals surface area contributed by atoms with Gasteiger partial charge in [0.25, 0.3) is 0 Å². The first kappa shape index (κ1) is 22.4. The highest BCUT2D eigenvalue weighted by molar-refractivity contribution is 6.10. The summed E-state index contributed by atoms with van der Waals surface area (Å²) in [7, 11) is 1.10. The van der Waals surface area contributed by atoms with Crippen LogP contribution in [-0.2, 0) is 18.9 Å². The van der Waals surface area contributed by atoms with Gasteiger partial charge >= 0.3 is 23.9 Å². The van der Waals surface area contributed by atoms with Gasteiger partial charge in [-0.3, -0.25) is 0 Å². The van der Waals surface area contributed by atoms with Crippen molar-refractivity contribution in [3.05, 3.63) is 72.4 Å². The zero-order valence-electron chi connectivity index (χ0n) is 15.4. The van der Waals surface area contributed by atoms with Crippen LogP contribution < -0.4 is 0 Å². The summed E-state index contributed by atoms with van der Waals surface area (Å²) in [4.78, 5) is 49.1. The van der Waals surface area contributed by atoms with E-state index in [1.165, 1.54) is 18.2 Å². The van der Waals surface area contributed by atoms with E-state index in [0.29, 0.717) is 0 Å². The third kappa shape index (κ3) is 5.66. The molecule has 0 aromatic heterocycles. The molecule has 0 aliphatic heterocycles. The van der Waals surface area contributed by atoms with Crippen molar-refractivity contribution in [2.75, 3.05) is 26.9 Å². The normalized spacial score (nSPS) is 9.61. The molecule has 8 nitrogen and oxygen atoms in total. The van der Waals surface area contributed by atoms with Crippen molar-refractivity contribution in [1.29, 1.82) is 0 Å². The maximum Gasteiger partial charge on any atom is 0.339 e. The SMILES string of the molecule is C=CCOC(=O)c1cc(C(=O)OCC=C)c(C(=O)OCC=C)cc1C(=O)OC. The van der Waals surface area contributed by atoms with Crippen molar-refractivity contribution in [2.24, 2.45) is 0 Å². The van der Waals surface area contributed by atoms with Gasteiger partial charge in [-0.2, -0.15) is 0 Å². The first-order valence-corrected chi connectivity index (χ1v) is 8.01. The van der Waals surface area contributed by atoms with Gasteiger partial charge in [0.15, 0.2) is 0 Å². The topological polar surface area (TPSA) is 105 Å². The molecule has 0 radical (unpaired) electrons. The summed E-state index contributed by atoms with van der Waals surface area (Å²) in [5.41, 5.74) is -1.12. The lowest BCUT2D eigenvalue weighted by atomic mass is 9.98. The number of esters is 4. The molecule has 1 aromatic carbocycles. The molecular formula is C20H20O8. The van der Waals surface area contributed by atoms with Gasteiger partial charge in [-0.15, -0.1) is 0 Å². The van der Waals surface area contributed by atoms with Gasteiger partial charge in [0.2, 0.25) is 0 Å². The van der Waals surface area contributed by atoms with Crippen molar-refractivity contribution in [1.82, 2.24) is 0 Å². The number of carbonyl (C=O) groups is 4. The minimum absolute atomic E-state index is 0.126. The predicted molar refractivity (Wildman–Crippen MR) is 99.2 cm³/mol. The van der Waals surface area contributed by atoms with Crippen LogP contribution in [0.2, 0.25) is 0 Å². The van der Waals surface area contributed by atoms with Gasteiger partial charge in [0.1, 0.15) is 19.8 Å². The first-order chi connectivity index (χ1) is 13.4. The van der Waals surface area contributed by atoms with Gasteiger partial charge in [0, 0.05) is 0 Å². The Morgan fingerprint density at radius 2 is 0.964 bits per heavy atom. The van der Waals surface area contributed by atoms with Crippen molar-refractivity contribution in [3.8, 4) is 0 Å². The number of hydrogen-bond donors (Lipinski definition) is 0. The van der Waals surface area contributed by atoms with E-state index in [9.17, 15) is 19.2 Å². The molecule has 0 aliphatic carbocycles. The van der Waals surface area contributed by atoms with E-state index < -0.39 is 23.9 Å². The number of hydrogen-bond acceptors (Lipinski definition) is 8. The van der Waals surface area contributed by atoms with Crippen LogP contribution in [0.4, 0.5) is 0 Å². The Balaban J connectivity index is 3.59. The summed E-state index contributed by atoms with van der Waals surface area (Å²) in [5.74, 6) is -3.65. The Morgan fingerprint density at radius 1 is 0.679 bits per heavy atom. The maximum absolute atomic E-state index is 12.4. The average molecular weight is 388 g/mol. The molecule has 1 aromatic rings. The largest absolute Gasteiger partial charge is 0.465 e. The molecule has 1 rings (SSSR count). The lowest BCUT2D eigenvalue weighted by Crippen LogP contribution is -2.20. The third-order valence-electron chi connectivity index (χ3n) is 3.22. The van der Waals surface area contributed by atoms with Gasteiger partial charge in [-0.05, 0) is 12.1 Å². The molecule has 0 unspecified atom stereocenters. The monoisotopic (exact) mass is 388 g/mol. The van der Waals surface area contributed by atoms with E-state index in [1.54, 1.807) is 0 Å². The van der Waals surface area contributed by atoms with Gasteiger partial charge in [-0.25, -0.2) is 19.2 Å². The second-order valence-corrected chi connectivity index (χ2v) is 5.10. The Labute approximate surface area is 162 Å². The molecule has 0 heterocycles. The third-order valence-corrected chi connectivity index (χ3v) is 3.22. The minimum atomic E-state index is -0.917. The summed E-state index contributed by atoms with van der Waals surface area (Å²) in [5, 5.41) is 0. The highest BCUT2D eigenvalue weighted by Gasteiger charge is 2.28. The number of benzene rings is 1. The Kier molecular flexibility index (Phi) is 8.88. The van der Waals surface area contributed by atoms with Gasteiger partial charge < -0.3 is 18.9 Å². The Hall–Kier alpha value is -3.68. The highest BCUT2D eigenvalue weighted by Crippen LogP contribution is 2.22. The molecule has 8 heteroatoms. The van der Waals surface area contributed by atoms with E-state index in [0.717, 1.165) is 19.2 Å². The lowest BCUT2D eigenvalue weighted by molar-refractivity contribution is 0.0494. The van der Waals surface area contributed by atoms with E-state index in [4.69, 9.17) is 14.2 Å². The van der Waals surface area contributed by atoms with Crippen molar-refractivity contribution in [3.63, 3.8) is 0 Å². The minimum Gasteiger partial charge on any atom is -0.465 e. The molecule has 148 valence electrons. The molecule has 0 amide bonds. The fourth-order valence-electron chi connectivity index (χ4n) is 2.02. The van der Waals surface area contributed by atoms with E-state index in [-0.39, 0.29) is 42.1 Å². The highest BCUT2D eigenvalue weighted by atomic mass is 16.5. The molecule has 0 fully saturated rings. The maximum atomic E-state index is 12.4. The average Bonchev–Trinajstić information content (AvgIpc) is 2.72. The fourth-order valence-corrected chi connectivity index (χ4v) is 2.02. The molecule has 28 heavy (non-hydrogen) atoms. The molecular weight excluding hydrogens is 368 g/mol. The molecule has 0 atom stereocenters. The summed E-state index contributed by atoms with van der Waals surface area (Å²) < 4.78 is 19.5. The number of rotatable bonds is 10. The zero-order valence-corrected chi connectivity index (χ0v) is 15.4. The first-order valence-electron chi connectivity index (χ1n) is 8.01. The molecule has 0 N–H and O–H groups in total. The van der Waals surface area contributed by atoms with Crippen LogP contribution in [0.5, 0.6) is 0 Å². The van der Waals surface area contributed by atoms with E-state index in [2.05, 4.69) is 24.5 Å². The Morgan fingerprint density at radius 3 is 1.21 bits per heavy atom. The smallest absolute Gasteiger partial charge is 0.339 e.